The molecular formula is C14H25N3OS. The van der Waals surface area contributed by atoms with E-state index >= 15 is 0 Å². The molecule has 0 aliphatic carbocycles. The van der Waals surface area contributed by atoms with Crippen LogP contribution < -0.4 is 4.90 Å². The fourth-order valence-electron chi connectivity index (χ4n) is 1.80. The van der Waals surface area contributed by atoms with Gasteiger partial charge in [0.15, 0.2) is 0 Å². The molecule has 0 fully saturated rings. The molecule has 2 amide bonds. The van der Waals surface area contributed by atoms with Crippen molar-refractivity contribution in [2.45, 2.75) is 47.0 Å². The molecule has 0 spiro atoms. The second-order valence-corrected chi connectivity index (χ2v) is 6.28. The summed E-state index contributed by atoms with van der Waals surface area (Å²) in [6.07, 6.45) is 0. The van der Waals surface area contributed by atoms with Gasteiger partial charge in [-0.25, -0.2) is 4.79 Å². The lowest BCUT2D eigenvalue weighted by atomic mass is 9.92. The predicted octanol–water partition coefficient (Wildman–Crippen LogP) is 3.73. The Hall–Kier alpha value is -1.10. The minimum absolute atomic E-state index is 0.0202. The molecule has 108 valence electrons. The average Bonchev–Trinajstić information content (AvgIpc) is 2.81. The van der Waals surface area contributed by atoms with Gasteiger partial charge in [-0.05, 0) is 38.4 Å². The summed E-state index contributed by atoms with van der Waals surface area (Å²) in [7, 11) is 0. The number of nitrogens with zero attached hydrogens (tertiary/aromatic N) is 3. The van der Waals surface area contributed by atoms with E-state index in [1.165, 1.54) is 11.5 Å². The van der Waals surface area contributed by atoms with E-state index < -0.39 is 0 Å². The molecule has 1 heterocycles. The lowest BCUT2D eigenvalue weighted by Crippen LogP contribution is -2.42. The number of anilines is 1. The van der Waals surface area contributed by atoms with Crippen LogP contribution in [0.2, 0.25) is 0 Å². The molecule has 0 aliphatic heterocycles. The number of hydrogen-bond acceptors (Lipinski definition) is 3. The van der Waals surface area contributed by atoms with Gasteiger partial charge in [0.2, 0.25) is 0 Å². The number of rotatable bonds is 4. The minimum Gasteiger partial charge on any atom is -0.325 e. The number of hydrogen-bond donors (Lipinski definition) is 0. The Morgan fingerprint density at radius 1 is 1.21 bits per heavy atom. The molecule has 0 bridgehead atoms. The van der Waals surface area contributed by atoms with Crippen LogP contribution in [0.4, 0.5) is 9.80 Å². The quantitative estimate of drug-likeness (QED) is 0.844. The van der Waals surface area contributed by atoms with Crippen molar-refractivity contribution in [1.82, 2.24) is 9.27 Å². The summed E-state index contributed by atoms with van der Waals surface area (Å²) in [6, 6.07) is 2.10. The summed E-state index contributed by atoms with van der Waals surface area (Å²) < 4.78 is 4.48. The lowest BCUT2D eigenvalue weighted by molar-refractivity contribution is 0.210. The summed E-state index contributed by atoms with van der Waals surface area (Å²) >= 11 is 1.40. The normalized spacial score (nSPS) is 11.5. The molecule has 5 heteroatoms. The van der Waals surface area contributed by atoms with E-state index in [-0.39, 0.29) is 11.4 Å². The summed E-state index contributed by atoms with van der Waals surface area (Å²) in [5, 5.41) is 0.935. The van der Waals surface area contributed by atoms with E-state index in [1.807, 2.05) is 31.7 Å². The maximum atomic E-state index is 12.4. The second-order valence-electron chi connectivity index (χ2n) is 5.50. The topological polar surface area (TPSA) is 36.4 Å². The molecule has 0 unspecified atom stereocenters. The highest BCUT2D eigenvalue weighted by Gasteiger charge is 2.24. The van der Waals surface area contributed by atoms with Gasteiger partial charge in [0.05, 0.1) is 5.69 Å². The van der Waals surface area contributed by atoms with Crippen molar-refractivity contribution in [1.29, 1.82) is 0 Å². The number of carbonyl (C=O) groups excluding carboxylic acids is 1. The first kappa shape index (κ1) is 16.0. The summed E-state index contributed by atoms with van der Waals surface area (Å²) in [6.45, 7) is 14.5. The van der Waals surface area contributed by atoms with Crippen molar-refractivity contribution in [2.75, 3.05) is 24.5 Å². The van der Waals surface area contributed by atoms with Crippen LogP contribution in [0.1, 0.15) is 47.2 Å². The fourth-order valence-corrected chi connectivity index (χ4v) is 2.78. The monoisotopic (exact) mass is 283 g/mol. The second kappa shape index (κ2) is 6.37. The average molecular weight is 283 g/mol. The molecular weight excluding hydrogens is 258 g/mol. The molecule has 0 radical (unpaired) electrons. The molecule has 0 N–H and O–H groups in total. The van der Waals surface area contributed by atoms with Gasteiger partial charge in [0.25, 0.3) is 0 Å². The van der Waals surface area contributed by atoms with Gasteiger partial charge < -0.3 is 4.90 Å². The highest BCUT2D eigenvalue weighted by atomic mass is 32.1. The Balaban J connectivity index is 2.98. The van der Waals surface area contributed by atoms with Crippen molar-refractivity contribution in [3.8, 4) is 0 Å². The molecule has 1 aromatic heterocycles. The van der Waals surface area contributed by atoms with Gasteiger partial charge in [-0.2, -0.15) is 4.37 Å². The van der Waals surface area contributed by atoms with E-state index in [4.69, 9.17) is 0 Å². The van der Waals surface area contributed by atoms with Crippen LogP contribution >= 0.6 is 11.5 Å². The molecule has 0 atom stereocenters. The predicted molar refractivity (Wildman–Crippen MR) is 82.2 cm³/mol. The number of aromatic nitrogens is 1. The molecule has 0 saturated carbocycles. The zero-order valence-corrected chi connectivity index (χ0v) is 13.7. The van der Waals surface area contributed by atoms with Gasteiger partial charge >= 0.3 is 6.03 Å². The minimum atomic E-state index is 0.0202. The highest BCUT2D eigenvalue weighted by Crippen LogP contribution is 2.29. The van der Waals surface area contributed by atoms with Crippen LogP contribution in [0.3, 0.4) is 0 Å². The Labute approximate surface area is 120 Å². The van der Waals surface area contributed by atoms with Crippen molar-refractivity contribution < 1.29 is 4.79 Å². The zero-order valence-electron chi connectivity index (χ0n) is 12.9. The van der Waals surface area contributed by atoms with Crippen LogP contribution in [0, 0.1) is 0 Å². The largest absolute Gasteiger partial charge is 0.325 e. The Morgan fingerprint density at radius 3 is 2.16 bits per heavy atom. The maximum Gasteiger partial charge on any atom is 0.325 e. The Bertz CT molecular complexity index is 419. The zero-order chi connectivity index (χ0) is 14.6. The Morgan fingerprint density at radius 2 is 1.79 bits per heavy atom. The SMILES string of the molecule is CCN(CC)C(=O)N(CC)c1cc(C(C)(C)C)ns1. The third-order valence-corrected chi connectivity index (χ3v) is 3.93. The van der Waals surface area contributed by atoms with Gasteiger partial charge in [0, 0.05) is 25.0 Å². The van der Waals surface area contributed by atoms with E-state index in [0.29, 0.717) is 6.54 Å². The van der Waals surface area contributed by atoms with Crippen LogP contribution in [0.25, 0.3) is 0 Å². The first-order chi connectivity index (χ1) is 8.85. The molecule has 19 heavy (non-hydrogen) atoms. The van der Waals surface area contributed by atoms with Crippen molar-refractivity contribution in [3.05, 3.63) is 11.8 Å². The van der Waals surface area contributed by atoms with Gasteiger partial charge in [-0.1, -0.05) is 20.8 Å². The molecule has 0 saturated heterocycles. The summed E-state index contributed by atoms with van der Waals surface area (Å²) in [5.74, 6) is 0. The van der Waals surface area contributed by atoms with Crippen LogP contribution in [0.15, 0.2) is 6.07 Å². The number of urea groups is 1. The first-order valence-corrected chi connectivity index (χ1v) is 7.66. The molecule has 1 aromatic rings. The van der Waals surface area contributed by atoms with Crippen LogP contribution in [-0.2, 0) is 5.41 Å². The van der Waals surface area contributed by atoms with Gasteiger partial charge in [0.1, 0.15) is 5.00 Å². The smallest absolute Gasteiger partial charge is 0.325 e. The lowest BCUT2D eigenvalue weighted by Gasteiger charge is -2.27. The van der Waals surface area contributed by atoms with E-state index in [1.54, 1.807) is 4.90 Å². The fraction of sp³-hybridized carbons (Fsp3) is 0.714. The number of amides is 2. The molecule has 4 nitrogen and oxygen atoms in total. The summed E-state index contributed by atoms with van der Waals surface area (Å²) in [4.78, 5) is 16.1. The van der Waals surface area contributed by atoms with Crippen LogP contribution in [0.5, 0.6) is 0 Å². The third kappa shape index (κ3) is 3.69. The van der Waals surface area contributed by atoms with Crippen LogP contribution in [-0.4, -0.2) is 34.9 Å². The van der Waals surface area contributed by atoms with Gasteiger partial charge in [-0.3, -0.25) is 4.90 Å². The summed E-state index contributed by atoms with van der Waals surface area (Å²) in [5.41, 5.74) is 1.06. The van der Waals surface area contributed by atoms with Gasteiger partial charge in [-0.15, -0.1) is 0 Å². The van der Waals surface area contributed by atoms with E-state index in [9.17, 15) is 4.79 Å². The maximum absolute atomic E-state index is 12.4. The third-order valence-electron chi connectivity index (χ3n) is 3.11. The first-order valence-electron chi connectivity index (χ1n) is 6.88. The molecule has 1 rings (SSSR count). The highest BCUT2D eigenvalue weighted by molar-refractivity contribution is 7.10. The van der Waals surface area contributed by atoms with Crippen molar-refractivity contribution in [2.24, 2.45) is 0 Å². The standard InChI is InChI=1S/C14H25N3OS/c1-7-16(8-2)13(18)17(9-3)12-10-11(15-19-12)14(4,5)6/h10H,7-9H2,1-6H3. The Kier molecular flexibility index (Phi) is 5.35. The van der Waals surface area contributed by atoms with E-state index in [2.05, 4.69) is 25.1 Å². The van der Waals surface area contributed by atoms with E-state index in [0.717, 1.165) is 23.8 Å². The molecule has 0 aromatic carbocycles. The van der Waals surface area contributed by atoms with Crippen molar-refractivity contribution in [3.63, 3.8) is 0 Å². The number of carbonyl (C=O) groups is 1. The molecule has 0 aliphatic rings. The van der Waals surface area contributed by atoms with Crippen molar-refractivity contribution >= 4 is 22.6 Å².